The Labute approximate surface area is 155 Å². The van der Waals surface area contributed by atoms with Gasteiger partial charge in [0, 0.05) is 36.9 Å². The van der Waals surface area contributed by atoms with E-state index < -0.39 is 0 Å². The van der Waals surface area contributed by atoms with Crippen LogP contribution in [-0.4, -0.2) is 56.1 Å². The molecule has 2 aromatic rings. The molecule has 0 saturated carbocycles. The number of aromatic nitrogens is 4. The zero-order valence-corrected chi connectivity index (χ0v) is 16.3. The lowest BCUT2D eigenvalue weighted by atomic mass is 10.00. The maximum atomic E-state index is 12.4. The predicted molar refractivity (Wildman–Crippen MR) is 101 cm³/mol. The number of fused-ring (bicyclic) bond motifs is 1. The highest BCUT2D eigenvalue weighted by Gasteiger charge is 2.19. The van der Waals surface area contributed by atoms with Crippen LogP contribution in [0.4, 0.5) is 0 Å². The first-order valence-corrected chi connectivity index (χ1v) is 9.61. The van der Waals surface area contributed by atoms with Gasteiger partial charge in [0.15, 0.2) is 0 Å². The van der Waals surface area contributed by atoms with E-state index in [0.717, 1.165) is 42.5 Å². The summed E-state index contributed by atoms with van der Waals surface area (Å²) in [5.41, 5.74) is 3.01. The van der Waals surface area contributed by atoms with Crippen molar-refractivity contribution < 1.29 is 4.79 Å². The van der Waals surface area contributed by atoms with E-state index in [9.17, 15) is 4.79 Å². The molecule has 0 spiro atoms. The summed E-state index contributed by atoms with van der Waals surface area (Å²) >= 11 is 0. The minimum atomic E-state index is 0.0973. The summed E-state index contributed by atoms with van der Waals surface area (Å²) in [7, 11) is 0. The molecule has 2 unspecified atom stereocenters. The number of amides is 1. The van der Waals surface area contributed by atoms with Crippen molar-refractivity contribution >= 4 is 11.7 Å². The Bertz CT molecular complexity index is 771. The van der Waals surface area contributed by atoms with Crippen LogP contribution >= 0.6 is 0 Å². The molecule has 0 aliphatic carbocycles. The summed E-state index contributed by atoms with van der Waals surface area (Å²) in [4.78, 5) is 23.5. The van der Waals surface area contributed by atoms with Crippen molar-refractivity contribution in [3.63, 3.8) is 0 Å². The van der Waals surface area contributed by atoms with E-state index >= 15 is 0 Å². The highest BCUT2D eigenvalue weighted by atomic mass is 16.1. The van der Waals surface area contributed by atoms with E-state index in [4.69, 9.17) is 0 Å². The summed E-state index contributed by atoms with van der Waals surface area (Å²) in [5, 5.41) is 7.35. The predicted octanol–water partition coefficient (Wildman–Crippen LogP) is 1.91. The molecule has 7 heteroatoms. The molecule has 2 aromatic heterocycles. The van der Waals surface area contributed by atoms with Gasteiger partial charge < -0.3 is 10.2 Å². The van der Waals surface area contributed by atoms with Gasteiger partial charge in [-0.3, -0.25) is 4.79 Å². The Hall–Kier alpha value is -2.02. The Morgan fingerprint density at radius 2 is 2.23 bits per heavy atom. The Balaban J connectivity index is 1.52. The number of nitrogens with zero attached hydrogens (tertiary/aromatic N) is 5. The standard InChI is InChI=1S/C19H30N6O/c1-13-6-5-9-24(10-13)11-14(2)22-18(26)8-7-17-15(3)23-19-20-12-21-25(19)16(17)4/h12-14H,5-11H2,1-4H3,(H,22,26). The molecule has 1 amide bonds. The summed E-state index contributed by atoms with van der Waals surface area (Å²) in [6.45, 7) is 11.6. The smallest absolute Gasteiger partial charge is 0.252 e. The average Bonchev–Trinajstić information content (AvgIpc) is 3.02. The second-order valence-electron chi connectivity index (χ2n) is 7.71. The molecular formula is C19H30N6O. The second kappa shape index (κ2) is 8.12. The molecule has 1 fully saturated rings. The van der Waals surface area contributed by atoms with Crippen LogP contribution in [0.1, 0.15) is 50.1 Å². The number of hydrogen-bond donors (Lipinski definition) is 1. The van der Waals surface area contributed by atoms with Crippen molar-refractivity contribution in [1.82, 2.24) is 29.8 Å². The van der Waals surface area contributed by atoms with Gasteiger partial charge in [-0.05, 0) is 58.1 Å². The van der Waals surface area contributed by atoms with Crippen molar-refractivity contribution in [2.75, 3.05) is 19.6 Å². The fourth-order valence-electron chi connectivity index (χ4n) is 3.99. The van der Waals surface area contributed by atoms with Crippen molar-refractivity contribution in [3.8, 4) is 0 Å². The van der Waals surface area contributed by atoms with Crippen molar-refractivity contribution in [2.45, 2.75) is 59.4 Å². The van der Waals surface area contributed by atoms with E-state index in [1.165, 1.54) is 19.2 Å². The third-order valence-corrected chi connectivity index (χ3v) is 5.27. The normalized spacial score (nSPS) is 19.6. The lowest BCUT2D eigenvalue weighted by Gasteiger charge is -2.32. The Morgan fingerprint density at radius 1 is 1.42 bits per heavy atom. The van der Waals surface area contributed by atoms with E-state index in [0.29, 0.717) is 18.6 Å². The van der Waals surface area contributed by atoms with Crippen LogP contribution in [0.25, 0.3) is 5.78 Å². The minimum absolute atomic E-state index is 0.0973. The Morgan fingerprint density at radius 3 is 3.00 bits per heavy atom. The zero-order valence-electron chi connectivity index (χ0n) is 16.3. The molecule has 3 rings (SSSR count). The van der Waals surface area contributed by atoms with Gasteiger partial charge in [-0.2, -0.15) is 10.1 Å². The quantitative estimate of drug-likeness (QED) is 0.854. The van der Waals surface area contributed by atoms with Gasteiger partial charge in [0.05, 0.1) is 0 Å². The number of hydrogen-bond acceptors (Lipinski definition) is 5. The SMILES string of the molecule is Cc1nc2ncnn2c(C)c1CCC(=O)NC(C)CN1CCCC(C)C1. The molecule has 1 N–H and O–H groups in total. The summed E-state index contributed by atoms with van der Waals surface area (Å²) < 4.78 is 1.74. The molecule has 0 aromatic carbocycles. The highest BCUT2D eigenvalue weighted by molar-refractivity contribution is 5.76. The molecule has 3 heterocycles. The largest absolute Gasteiger partial charge is 0.352 e. The number of nitrogens with one attached hydrogen (secondary N) is 1. The van der Waals surface area contributed by atoms with Crippen molar-refractivity contribution in [3.05, 3.63) is 23.3 Å². The summed E-state index contributed by atoms with van der Waals surface area (Å²) in [6.07, 6.45) is 5.22. The first-order valence-electron chi connectivity index (χ1n) is 9.61. The molecule has 26 heavy (non-hydrogen) atoms. The number of piperidine rings is 1. The van der Waals surface area contributed by atoms with Gasteiger partial charge in [0.1, 0.15) is 6.33 Å². The third kappa shape index (κ3) is 4.38. The van der Waals surface area contributed by atoms with Crippen LogP contribution in [0.15, 0.2) is 6.33 Å². The van der Waals surface area contributed by atoms with Crippen LogP contribution < -0.4 is 5.32 Å². The van der Waals surface area contributed by atoms with E-state index in [2.05, 4.69) is 39.1 Å². The van der Waals surface area contributed by atoms with Gasteiger partial charge in [-0.15, -0.1) is 0 Å². The average molecular weight is 358 g/mol. The minimum Gasteiger partial charge on any atom is -0.352 e. The zero-order chi connectivity index (χ0) is 18.7. The number of likely N-dealkylation sites (tertiary alicyclic amines) is 1. The first-order chi connectivity index (χ1) is 12.4. The summed E-state index contributed by atoms with van der Waals surface area (Å²) in [6, 6.07) is 0.172. The molecular weight excluding hydrogens is 328 g/mol. The number of carbonyl (C=O) groups is 1. The lowest BCUT2D eigenvalue weighted by molar-refractivity contribution is -0.121. The maximum Gasteiger partial charge on any atom is 0.252 e. The van der Waals surface area contributed by atoms with E-state index in [1.54, 1.807) is 4.52 Å². The van der Waals surface area contributed by atoms with Gasteiger partial charge in [0.25, 0.3) is 5.78 Å². The van der Waals surface area contributed by atoms with Gasteiger partial charge in [-0.1, -0.05) is 6.92 Å². The first kappa shape index (κ1) is 18.8. The van der Waals surface area contributed by atoms with Crippen LogP contribution in [0.5, 0.6) is 0 Å². The monoisotopic (exact) mass is 358 g/mol. The van der Waals surface area contributed by atoms with Crippen LogP contribution in [0.2, 0.25) is 0 Å². The van der Waals surface area contributed by atoms with Crippen molar-refractivity contribution in [1.29, 1.82) is 0 Å². The molecule has 2 atom stereocenters. The third-order valence-electron chi connectivity index (χ3n) is 5.27. The van der Waals surface area contributed by atoms with E-state index in [-0.39, 0.29) is 11.9 Å². The molecule has 1 aliphatic heterocycles. The van der Waals surface area contributed by atoms with Crippen LogP contribution in [0.3, 0.4) is 0 Å². The molecule has 142 valence electrons. The topological polar surface area (TPSA) is 75.4 Å². The van der Waals surface area contributed by atoms with Gasteiger partial charge >= 0.3 is 0 Å². The molecule has 1 saturated heterocycles. The molecule has 0 radical (unpaired) electrons. The van der Waals surface area contributed by atoms with Gasteiger partial charge in [0.2, 0.25) is 5.91 Å². The number of carbonyl (C=O) groups excluding carboxylic acids is 1. The Kier molecular flexibility index (Phi) is 5.86. The summed E-state index contributed by atoms with van der Waals surface area (Å²) in [5.74, 6) is 1.47. The fraction of sp³-hybridized carbons (Fsp3) is 0.684. The fourth-order valence-corrected chi connectivity index (χ4v) is 3.99. The number of aryl methyl sites for hydroxylation is 2. The second-order valence-corrected chi connectivity index (χ2v) is 7.71. The van der Waals surface area contributed by atoms with Crippen LogP contribution in [0, 0.1) is 19.8 Å². The van der Waals surface area contributed by atoms with E-state index in [1.807, 2.05) is 13.8 Å². The maximum absolute atomic E-state index is 12.4. The lowest BCUT2D eigenvalue weighted by Crippen LogP contribution is -2.45. The van der Waals surface area contributed by atoms with Gasteiger partial charge in [-0.25, -0.2) is 9.50 Å². The molecule has 7 nitrogen and oxygen atoms in total. The van der Waals surface area contributed by atoms with Crippen LogP contribution in [-0.2, 0) is 11.2 Å². The van der Waals surface area contributed by atoms with Crippen molar-refractivity contribution in [2.24, 2.45) is 5.92 Å². The molecule has 1 aliphatic rings. The molecule has 0 bridgehead atoms. The highest BCUT2D eigenvalue weighted by Crippen LogP contribution is 2.16. The number of rotatable bonds is 6.